The second kappa shape index (κ2) is 12.3. The number of carbonyl (C=O) groups excluding carboxylic acids is 1. The predicted molar refractivity (Wildman–Crippen MR) is 114 cm³/mol. The largest absolute Gasteiger partial charge is 0.390 e. The van der Waals surface area contributed by atoms with Crippen LogP contribution in [0.4, 0.5) is 5.69 Å². The van der Waals surface area contributed by atoms with Gasteiger partial charge < -0.3 is 26.4 Å². The molecular formula is C23H30NO3SY-. The molecule has 3 atom stereocenters. The van der Waals surface area contributed by atoms with E-state index >= 15 is 0 Å². The molecule has 1 fully saturated rings. The summed E-state index contributed by atoms with van der Waals surface area (Å²) in [6.45, 7) is 2.15. The molecule has 1 saturated heterocycles. The van der Waals surface area contributed by atoms with Crippen LogP contribution in [0.25, 0.3) is 0 Å². The Kier molecular flexibility index (Phi) is 10.5. The molecule has 1 radical (unpaired) electrons. The van der Waals surface area contributed by atoms with E-state index in [1.54, 1.807) is 16.2 Å². The number of benzene rings is 1. The summed E-state index contributed by atoms with van der Waals surface area (Å²) in [6, 6.07) is 11.4. The Hall–Kier alpha value is -0.586. The molecule has 1 aromatic heterocycles. The van der Waals surface area contributed by atoms with Gasteiger partial charge in [-0.2, -0.15) is 6.07 Å². The third-order valence-corrected chi connectivity index (χ3v) is 6.37. The Balaban J connectivity index is 0.00000300. The van der Waals surface area contributed by atoms with E-state index in [1.165, 1.54) is 4.88 Å². The van der Waals surface area contributed by atoms with Crippen molar-refractivity contribution in [2.24, 2.45) is 0 Å². The van der Waals surface area contributed by atoms with Gasteiger partial charge in [-0.3, -0.25) is 4.79 Å². The van der Waals surface area contributed by atoms with Crippen LogP contribution in [0.3, 0.4) is 0 Å². The average Bonchev–Trinajstić information content (AvgIpc) is 3.30. The fraction of sp³-hybridized carbons (Fsp3) is 0.522. The van der Waals surface area contributed by atoms with Crippen LogP contribution in [0.2, 0.25) is 0 Å². The molecule has 2 aromatic rings. The molecule has 0 bridgehead atoms. The Morgan fingerprint density at radius 1 is 1.21 bits per heavy atom. The first-order valence-electron chi connectivity index (χ1n) is 10.3. The van der Waals surface area contributed by atoms with E-state index in [1.807, 2.05) is 30.3 Å². The molecule has 2 N–H and O–H groups in total. The van der Waals surface area contributed by atoms with Crippen LogP contribution in [0.15, 0.2) is 36.4 Å². The third-order valence-electron chi connectivity index (χ3n) is 5.52. The number of hydrogen-bond acceptors (Lipinski definition) is 4. The third kappa shape index (κ3) is 6.70. The molecule has 6 heteroatoms. The van der Waals surface area contributed by atoms with Gasteiger partial charge >= 0.3 is 0 Å². The minimum atomic E-state index is -0.623. The van der Waals surface area contributed by atoms with Gasteiger partial charge in [0.25, 0.3) is 0 Å². The van der Waals surface area contributed by atoms with Gasteiger partial charge in [0, 0.05) is 38.4 Å². The zero-order valence-electron chi connectivity index (χ0n) is 17.1. The standard InChI is InChI=1S/C23H30NO3S.Y/c1-2-3-4-10-21(25)17-11-13-18(14-12-17)24-20(22(26)16-23(24)27)9-5-7-19-8-6-15-28-19;/h6,8,11-14,20-22,25-26H,2-5,7,9-10,16H2,1H3;/q-1;/t20-,21?,22+;/m0./s1. The van der Waals surface area contributed by atoms with Crippen molar-refractivity contribution in [2.75, 3.05) is 4.90 Å². The molecule has 155 valence electrons. The van der Waals surface area contributed by atoms with E-state index in [-0.39, 0.29) is 51.1 Å². The number of carbonyl (C=O) groups is 1. The van der Waals surface area contributed by atoms with E-state index in [4.69, 9.17) is 0 Å². The molecule has 1 aliphatic heterocycles. The quantitative estimate of drug-likeness (QED) is 0.378. The number of rotatable bonds is 10. The van der Waals surface area contributed by atoms with Gasteiger partial charge in [0.1, 0.15) is 0 Å². The average molecular weight is 489 g/mol. The smallest absolute Gasteiger partial charge is 0.230 e. The Morgan fingerprint density at radius 3 is 2.62 bits per heavy atom. The minimum absolute atomic E-state index is 0. The van der Waals surface area contributed by atoms with Crippen LogP contribution in [-0.2, 0) is 43.9 Å². The maximum atomic E-state index is 12.5. The zero-order chi connectivity index (χ0) is 19.9. The maximum absolute atomic E-state index is 12.5. The SMILES string of the molecule is CCCCCC(O)c1ccc(N2C(=O)C[C@@H](O)[C@@H]2CCCc2cc[c-]s2)cc1.[Y]. The van der Waals surface area contributed by atoms with Crippen molar-refractivity contribution in [1.29, 1.82) is 0 Å². The number of anilines is 1. The first-order chi connectivity index (χ1) is 13.6. The molecule has 0 spiro atoms. The van der Waals surface area contributed by atoms with Crippen LogP contribution in [0.5, 0.6) is 0 Å². The van der Waals surface area contributed by atoms with Crippen LogP contribution in [0, 0.1) is 5.38 Å². The summed E-state index contributed by atoms with van der Waals surface area (Å²) in [5, 5.41) is 23.8. The maximum Gasteiger partial charge on any atom is 0.230 e. The molecule has 0 aliphatic carbocycles. The van der Waals surface area contributed by atoms with E-state index in [0.29, 0.717) is 0 Å². The van der Waals surface area contributed by atoms with Gasteiger partial charge in [-0.1, -0.05) is 51.2 Å². The fourth-order valence-corrected chi connectivity index (χ4v) is 4.60. The Bertz CT molecular complexity index is 735. The van der Waals surface area contributed by atoms with E-state index < -0.39 is 12.2 Å². The molecule has 4 nitrogen and oxygen atoms in total. The van der Waals surface area contributed by atoms with Crippen LogP contribution in [-0.4, -0.2) is 28.3 Å². The first-order valence-corrected chi connectivity index (χ1v) is 11.1. The molecule has 0 saturated carbocycles. The van der Waals surface area contributed by atoms with Gasteiger partial charge in [-0.05, 0) is 30.5 Å². The van der Waals surface area contributed by atoms with Gasteiger partial charge in [0.15, 0.2) is 0 Å². The summed E-state index contributed by atoms with van der Waals surface area (Å²) in [5.41, 5.74) is 1.69. The van der Waals surface area contributed by atoms with Crippen molar-refractivity contribution in [3.05, 3.63) is 52.2 Å². The Labute approximate surface area is 203 Å². The monoisotopic (exact) mass is 489 g/mol. The molecule has 1 aromatic carbocycles. The number of aliphatic hydroxyl groups is 2. The van der Waals surface area contributed by atoms with Crippen molar-refractivity contribution in [1.82, 2.24) is 0 Å². The van der Waals surface area contributed by atoms with E-state index in [2.05, 4.69) is 18.4 Å². The normalized spacial score (nSPS) is 20.0. The fourth-order valence-electron chi connectivity index (χ4n) is 3.93. The van der Waals surface area contributed by atoms with E-state index in [9.17, 15) is 15.0 Å². The zero-order valence-corrected chi connectivity index (χ0v) is 20.7. The molecule has 1 aliphatic rings. The molecule has 1 unspecified atom stereocenters. The van der Waals surface area contributed by atoms with Gasteiger partial charge in [-0.15, -0.1) is 10.3 Å². The number of nitrogens with zero attached hydrogens (tertiary/aromatic N) is 1. The van der Waals surface area contributed by atoms with Crippen LogP contribution >= 0.6 is 11.3 Å². The summed E-state index contributed by atoms with van der Waals surface area (Å²) in [7, 11) is 0. The van der Waals surface area contributed by atoms with E-state index in [0.717, 1.165) is 56.2 Å². The topological polar surface area (TPSA) is 60.8 Å². The second-order valence-electron chi connectivity index (χ2n) is 7.62. The molecule has 1 amide bonds. The summed E-state index contributed by atoms with van der Waals surface area (Å²) >= 11 is 1.62. The Morgan fingerprint density at radius 2 is 1.97 bits per heavy atom. The van der Waals surface area contributed by atoms with Crippen LogP contribution < -0.4 is 4.90 Å². The molecule has 3 rings (SSSR count). The second-order valence-corrected chi connectivity index (χ2v) is 8.58. The first kappa shape index (κ1) is 24.7. The van der Waals surface area contributed by atoms with Crippen LogP contribution in [0.1, 0.15) is 68.4 Å². The molecule has 29 heavy (non-hydrogen) atoms. The number of thiophene rings is 1. The number of hydrogen-bond donors (Lipinski definition) is 2. The summed E-state index contributed by atoms with van der Waals surface area (Å²) < 4.78 is 0. The van der Waals surface area contributed by atoms with Crippen molar-refractivity contribution >= 4 is 22.9 Å². The number of amides is 1. The van der Waals surface area contributed by atoms with Gasteiger partial charge in [0.2, 0.25) is 5.91 Å². The summed E-state index contributed by atoms with van der Waals surface area (Å²) in [6.07, 6.45) is 5.78. The van der Waals surface area contributed by atoms with Crippen molar-refractivity contribution in [2.45, 2.75) is 76.5 Å². The number of aryl methyl sites for hydroxylation is 1. The predicted octanol–water partition coefficient (Wildman–Crippen LogP) is 4.65. The van der Waals surface area contributed by atoms with Crippen molar-refractivity contribution in [3.8, 4) is 0 Å². The summed E-state index contributed by atoms with van der Waals surface area (Å²) in [5.74, 6) is -0.0294. The molecule has 2 heterocycles. The minimum Gasteiger partial charge on any atom is -0.390 e. The van der Waals surface area contributed by atoms with Crippen molar-refractivity contribution in [3.63, 3.8) is 0 Å². The number of unbranched alkanes of at least 4 members (excludes halogenated alkanes) is 2. The number of aliphatic hydroxyl groups excluding tert-OH is 2. The molecular weight excluding hydrogens is 459 g/mol. The van der Waals surface area contributed by atoms with Gasteiger partial charge in [-0.25, -0.2) is 6.07 Å². The summed E-state index contributed by atoms with van der Waals surface area (Å²) in [4.78, 5) is 15.5. The van der Waals surface area contributed by atoms with Crippen molar-refractivity contribution < 1.29 is 47.7 Å². The van der Waals surface area contributed by atoms with Gasteiger partial charge in [0.05, 0.1) is 24.7 Å².